The molecule has 0 aliphatic heterocycles. The van der Waals surface area contributed by atoms with Crippen LogP contribution in [0.25, 0.3) is 10.8 Å². The average molecular weight is 386 g/mol. The Morgan fingerprint density at radius 3 is 2.41 bits per heavy atom. The zero-order valence-electron chi connectivity index (χ0n) is 14.6. The van der Waals surface area contributed by atoms with Gasteiger partial charge in [-0.2, -0.15) is 0 Å². The highest BCUT2D eigenvalue weighted by Crippen LogP contribution is 2.27. The van der Waals surface area contributed by atoms with E-state index in [-0.39, 0.29) is 16.2 Å². The van der Waals surface area contributed by atoms with Crippen molar-refractivity contribution in [3.63, 3.8) is 0 Å². The normalized spacial score (nSPS) is 11.6. The molecule has 0 saturated heterocycles. The largest absolute Gasteiger partial charge is 0.481 e. The number of halogens is 1. The third-order valence-corrected chi connectivity index (χ3v) is 6.19. The second-order valence-electron chi connectivity index (χ2n) is 6.36. The van der Waals surface area contributed by atoms with Gasteiger partial charge in [-0.25, -0.2) is 12.8 Å². The second kappa shape index (κ2) is 7.88. The fraction of sp³-hybridized carbons (Fsp3) is 0.190. The van der Waals surface area contributed by atoms with Crippen LogP contribution in [-0.4, -0.2) is 19.5 Å². The summed E-state index contributed by atoms with van der Waals surface area (Å²) >= 11 is 0. The van der Waals surface area contributed by atoms with Crippen molar-refractivity contribution in [2.24, 2.45) is 0 Å². The number of carboxylic acid groups (broad SMARTS) is 1. The van der Waals surface area contributed by atoms with Crippen molar-refractivity contribution in [2.75, 3.05) is 0 Å². The first-order valence-corrected chi connectivity index (χ1v) is 10.1. The second-order valence-corrected chi connectivity index (χ2v) is 8.31. The molecule has 0 fully saturated rings. The van der Waals surface area contributed by atoms with Crippen LogP contribution in [0.2, 0.25) is 0 Å². The standard InChI is InChI=1S/C21H19FO4S/c22-17-8-4-9-18(14-17)27(25,26)19-11-12-20-15(5-1-2-10-21(23)24)6-3-7-16(20)13-19/h3-4,6-9,11-14H,1-2,5,10H2,(H,23,24). The number of benzene rings is 3. The summed E-state index contributed by atoms with van der Waals surface area (Å²) < 4.78 is 38.9. The molecular formula is C21H19FO4S. The topological polar surface area (TPSA) is 71.4 Å². The number of carbonyl (C=O) groups is 1. The molecule has 140 valence electrons. The summed E-state index contributed by atoms with van der Waals surface area (Å²) in [6.07, 6.45) is 2.20. The molecule has 0 aromatic heterocycles. The maximum atomic E-state index is 13.4. The molecule has 0 unspecified atom stereocenters. The van der Waals surface area contributed by atoms with Crippen LogP contribution in [0.15, 0.2) is 70.5 Å². The van der Waals surface area contributed by atoms with Crippen LogP contribution < -0.4 is 0 Å². The number of hydrogen-bond donors (Lipinski definition) is 1. The molecule has 3 aromatic carbocycles. The highest BCUT2D eigenvalue weighted by atomic mass is 32.2. The summed E-state index contributed by atoms with van der Waals surface area (Å²) in [4.78, 5) is 10.6. The monoisotopic (exact) mass is 386 g/mol. The molecule has 0 radical (unpaired) electrons. The van der Waals surface area contributed by atoms with Crippen LogP contribution in [0.4, 0.5) is 4.39 Å². The number of fused-ring (bicyclic) bond motifs is 1. The molecule has 0 saturated carbocycles. The van der Waals surface area contributed by atoms with Gasteiger partial charge in [-0.05, 0) is 65.9 Å². The predicted octanol–water partition coefficient (Wildman–Crippen LogP) is 4.61. The minimum absolute atomic E-state index is 0.0772. The zero-order chi connectivity index (χ0) is 19.4. The summed E-state index contributed by atoms with van der Waals surface area (Å²) in [5, 5.41) is 10.4. The highest BCUT2D eigenvalue weighted by Gasteiger charge is 2.18. The lowest BCUT2D eigenvalue weighted by atomic mass is 10.00. The minimum atomic E-state index is -3.80. The van der Waals surface area contributed by atoms with E-state index in [4.69, 9.17) is 5.11 Å². The zero-order valence-corrected chi connectivity index (χ0v) is 15.4. The molecule has 0 heterocycles. The van der Waals surface area contributed by atoms with Crippen LogP contribution >= 0.6 is 0 Å². The fourth-order valence-corrected chi connectivity index (χ4v) is 4.40. The Morgan fingerprint density at radius 2 is 1.67 bits per heavy atom. The predicted molar refractivity (Wildman–Crippen MR) is 101 cm³/mol. The Bertz CT molecular complexity index is 1090. The van der Waals surface area contributed by atoms with Crippen molar-refractivity contribution in [3.05, 3.63) is 72.0 Å². The number of unbranched alkanes of at least 4 members (excludes halogenated alkanes) is 1. The Kier molecular flexibility index (Phi) is 5.56. The maximum absolute atomic E-state index is 13.4. The van der Waals surface area contributed by atoms with E-state index in [1.807, 2.05) is 18.2 Å². The van der Waals surface area contributed by atoms with Crippen LogP contribution in [-0.2, 0) is 21.1 Å². The highest BCUT2D eigenvalue weighted by molar-refractivity contribution is 7.91. The molecule has 27 heavy (non-hydrogen) atoms. The van der Waals surface area contributed by atoms with E-state index in [9.17, 15) is 17.6 Å². The van der Waals surface area contributed by atoms with E-state index < -0.39 is 21.6 Å². The molecule has 1 N–H and O–H groups in total. The minimum Gasteiger partial charge on any atom is -0.481 e. The summed E-state index contributed by atoms with van der Waals surface area (Å²) in [7, 11) is -3.80. The maximum Gasteiger partial charge on any atom is 0.303 e. The summed E-state index contributed by atoms with van der Waals surface area (Å²) in [5.41, 5.74) is 1.05. The molecule has 4 nitrogen and oxygen atoms in total. The Morgan fingerprint density at radius 1 is 0.926 bits per heavy atom. The molecule has 6 heteroatoms. The number of aryl methyl sites for hydroxylation is 1. The van der Waals surface area contributed by atoms with E-state index in [0.717, 1.165) is 35.2 Å². The van der Waals surface area contributed by atoms with E-state index >= 15 is 0 Å². The first-order chi connectivity index (χ1) is 12.9. The lowest BCUT2D eigenvalue weighted by Gasteiger charge is -2.09. The van der Waals surface area contributed by atoms with Gasteiger partial charge >= 0.3 is 5.97 Å². The van der Waals surface area contributed by atoms with Crippen molar-refractivity contribution in [2.45, 2.75) is 35.5 Å². The summed E-state index contributed by atoms with van der Waals surface area (Å²) in [5.74, 6) is -1.40. The Balaban J connectivity index is 1.91. The van der Waals surface area contributed by atoms with E-state index in [1.54, 1.807) is 12.1 Å². The number of carboxylic acids is 1. The Labute approximate surface area is 157 Å². The van der Waals surface area contributed by atoms with E-state index in [2.05, 4.69) is 0 Å². The summed E-state index contributed by atoms with van der Waals surface area (Å²) in [6, 6.07) is 15.5. The number of aliphatic carboxylic acids is 1. The SMILES string of the molecule is O=C(O)CCCCc1cccc2cc(S(=O)(=O)c3cccc(F)c3)ccc12. The van der Waals surface area contributed by atoms with Crippen LogP contribution in [0.5, 0.6) is 0 Å². The van der Waals surface area contributed by atoms with Crippen molar-refractivity contribution in [1.82, 2.24) is 0 Å². The van der Waals surface area contributed by atoms with Crippen molar-refractivity contribution >= 4 is 26.6 Å². The van der Waals surface area contributed by atoms with Gasteiger partial charge in [-0.3, -0.25) is 4.79 Å². The molecule has 0 aliphatic carbocycles. The molecule has 0 spiro atoms. The third kappa shape index (κ3) is 4.34. The van der Waals surface area contributed by atoms with Crippen molar-refractivity contribution < 1.29 is 22.7 Å². The number of hydrogen-bond acceptors (Lipinski definition) is 3. The van der Waals surface area contributed by atoms with Gasteiger partial charge in [-0.1, -0.05) is 30.3 Å². The lowest BCUT2D eigenvalue weighted by Crippen LogP contribution is -2.02. The third-order valence-electron chi connectivity index (χ3n) is 4.45. The smallest absolute Gasteiger partial charge is 0.303 e. The lowest BCUT2D eigenvalue weighted by molar-refractivity contribution is -0.137. The van der Waals surface area contributed by atoms with Crippen LogP contribution in [0.1, 0.15) is 24.8 Å². The van der Waals surface area contributed by atoms with Gasteiger partial charge in [0.15, 0.2) is 0 Å². The molecular weight excluding hydrogens is 367 g/mol. The van der Waals surface area contributed by atoms with Gasteiger partial charge in [0, 0.05) is 6.42 Å². The Hall–Kier alpha value is -2.73. The molecule has 3 aromatic rings. The van der Waals surface area contributed by atoms with Crippen molar-refractivity contribution in [1.29, 1.82) is 0 Å². The van der Waals surface area contributed by atoms with Crippen LogP contribution in [0.3, 0.4) is 0 Å². The van der Waals surface area contributed by atoms with Gasteiger partial charge in [-0.15, -0.1) is 0 Å². The first-order valence-electron chi connectivity index (χ1n) is 8.62. The van der Waals surface area contributed by atoms with E-state index in [1.165, 1.54) is 24.3 Å². The molecule has 0 amide bonds. The molecule has 0 atom stereocenters. The van der Waals surface area contributed by atoms with Gasteiger partial charge < -0.3 is 5.11 Å². The molecule has 0 aliphatic rings. The number of rotatable bonds is 7. The molecule has 3 rings (SSSR count). The quantitative estimate of drug-likeness (QED) is 0.602. The van der Waals surface area contributed by atoms with Crippen molar-refractivity contribution in [3.8, 4) is 0 Å². The van der Waals surface area contributed by atoms with E-state index in [0.29, 0.717) is 6.42 Å². The van der Waals surface area contributed by atoms with Crippen LogP contribution in [0, 0.1) is 5.82 Å². The van der Waals surface area contributed by atoms with Gasteiger partial charge in [0.05, 0.1) is 9.79 Å². The van der Waals surface area contributed by atoms with Gasteiger partial charge in [0.1, 0.15) is 5.82 Å². The summed E-state index contributed by atoms with van der Waals surface area (Å²) in [6.45, 7) is 0. The number of sulfone groups is 1. The van der Waals surface area contributed by atoms with Gasteiger partial charge in [0.2, 0.25) is 9.84 Å². The molecule has 0 bridgehead atoms. The van der Waals surface area contributed by atoms with Gasteiger partial charge in [0.25, 0.3) is 0 Å². The average Bonchev–Trinajstić information content (AvgIpc) is 2.64. The first kappa shape index (κ1) is 19.0. The fourth-order valence-electron chi connectivity index (χ4n) is 3.08.